The maximum atomic E-state index is 7.39. The fourth-order valence-corrected chi connectivity index (χ4v) is 13.9. The van der Waals surface area contributed by atoms with Crippen molar-refractivity contribution < 1.29 is 9.16 Å². The van der Waals surface area contributed by atoms with Gasteiger partial charge in [0.25, 0.3) is 0 Å². The molecule has 0 bridgehead atoms. The quantitative estimate of drug-likeness (QED) is 0.199. The van der Waals surface area contributed by atoms with E-state index in [1.54, 1.807) is 0 Å². The lowest BCUT2D eigenvalue weighted by atomic mass is 9.73. The Morgan fingerprint density at radius 3 is 1.87 bits per heavy atom. The van der Waals surface area contributed by atoms with Gasteiger partial charge in [-0.15, -0.1) is 11.8 Å². The molecule has 0 radical (unpaired) electrons. The van der Waals surface area contributed by atoms with E-state index in [1.807, 2.05) is 11.8 Å². The first-order chi connectivity index (χ1) is 18.2. The Balaban J connectivity index is 2.07. The second-order valence-electron chi connectivity index (χ2n) is 13.9. The van der Waals surface area contributed by atoms with Crippen LogP contribution in [0.4, 0.5) is 0 Å². The highest BCUT2D eigenvalue weighted by Crippen LogP contribution is 2.52. The molecule has 1 unspecified atom stereocenters. The first kappa shape index (κ1) is 32.2. The van der Waals surface area contributed by atoms with Crippen LogP contribution in [0.15, 0.2) is 77.2 Å². The smallest absolute Gasteiger partial charge is 0.200 e. The number of benzene rings is 2. The van der Waals surface area contributed by atoms with E-state index in [0.29, 0.717) is 16.6 Å². The summed E-state index contributed by atoms with van der Waals surface area (Å²) in [5.41, 5.74) is 4.12. The lowest BCUT2D eigenvalue weighted by Crippen LogP contribution is -2.55. The van der Waals surface area contributed by atoms with Crippen molar-refractivity contribution in [3.63, 3.8) is 0 Å². The Labute approximate surface area is 245 Å². The first-order valence-corrected chi connectivity index (χ1v) is 18.0. The third kappa shape index (κ3) is 7.12. The summed E-state index contributed by atoms with van der Waals surface area (Å²) in [5, 5.41) is 0.272. The van der Waals surface area contributed by atoms with E-state index in [1.165, 1.54) is 16.0 Å². The van der Waals surface area contributed by atoms with Crippen LogP contribution < -0.4 is 0 Å². The summed E-state index contributed by atoms with van der Waals surface area (Å²) >= 11 is 1.98. The topological polar surface area (TPSA) is 18.5 Å². The van der Waals surface area contributed by atoms with Crippen LogP contribution in [0.3, 0.4) is 0 Å². The molecule has 1 aliphatic carbocycles. The van der Waals surface area contributed by atoms with Gasteiger partial charge in [-0.3, -0.25) is 0 Å². The second-order valence-corrected chi connectivity index (χ2v) is 20.5. The Bertz CT molecular complexity index is 1040. The van der Waals surface area contributed by atoms with E-state index in [-0.39, 0.29) is 28.3 Å². The molecular weight excluding hydrogens is 513 g/mol. The SMILES string of the molecule is CC1=CC[C@H](O[C@@H](c2ccccc2)C(C)(C)C)[C@@](C)(CO[Si](C(C)C)(C(C)C)C(C)C)C1Sc1ccccc1. The van der Waals surface area contributed by atoms with Gasteiger partial charge in [0.1, 0.15) is 0 Å². The zero-order valence-corrected chi connectivity index (χ0v) is 28.3. The normalized spacial score (nSPS) is 23.4. The number of rotatable bonds is 11. The van der Waals surface area contributed by atoms with Crippen LogP contribution in [-0.4, -0.2) is 26.3 Å². The minimum Gasteiger partial charge on any atom is -0.415 e. The molecule has 0 aromatic heterocycles. The molecule has 0 fully saturated rings. The summed E-state index contributed by atoms with van der Waals surface area (Å²) < 4.78 is 14.7. The molecule has 0 heterocycles. The van der Waals surface area contributed by atoms with Crippen LogP contribution in [0, 0.1) is 10.8 Å². The molecule has 0 amide bonds. The fourth-order valence-electron chi connectivity index (χ4n) is 6.96. The van der Waals surface area contributed by atoms with Gasteiger partial charge < -0.3 is 9.16 Å². The zero-order chi connectivity index (χ0) is 29.0. The van der Waals surface area contributed by atoms with Crippen LogP contribution in [-0.2, 0) is 9.16 Å². The highest BCUT2D eigenvalue weighted by molar-refractivity contribution is 8.00. The standard InChI is InChI=1S/C35H54O2SSi/c1-25(2)39(26(3)4,27(5)6)36-24-35(11)31(37-32(34(8,9)10)29-18-14-12-15-19-29)23-22-28(7)33(35)38-30-20-16-13-17-21-30/h12-22,25-27,31-33H,23-24H2,1-11H3/t31-,32-,33?,35+/m0/s1. The molecule has 2 nitrogen and oxygen atoms in total. The van der Waals surface area contributed by atoms with Crippen molar-refractivity contribution in [2.75, 3.05) is 6.61 Å². The molecule has 1 aliphatic rings. The van der Waals surface area contributed by atoms with Gasteiger partial charge in [-0.05, 0) is 53.1 Å². The molecule has 216 valence electrons. The van der Waals surface area contributed by atoms with E-state index < -0.39 is 8.32 Å². The molecule has 4 heteroatoms. The van der Waals surface area contributed by atoms with Gasteiger partial charge in [-0.25, -0.2) is 0 Å². The largest absolute Gasteiger partial charge is 0.415 e. The van der Waals surface area contributed by atoms with Gasteiger partial charge in [0.2, 0.25) is 0 Å². The summed E-state index contributed by atoms with van der Waals surface area (Å²) in [4.78, 5) is 1.30. The minimum absolute atomic E-state index is 0.000459. The summed E-state index contributed by atoms with van der Waals surface area (Å²) in [6, 6.07) is 21.7. The number of hydrogen-bond acceptors (Lipinski definition) is 3. The average molecular weight is 567 g/mol. The molecule has 2 aromatic rings. The van der Waals surface area contributed by atoms with Crippen molar-refractivity contribution in [1.82, 2.24) is 0 Å². The molecule has 0 aliphatic heterocycles. The van der Waals surface area contributed by atoms with E-state index in [9.17, 15) is 0 Å². The van der Waals surface area contributed by atoms with Gasteiger partial charge in [0.15, 0.2) is 8.32 Å². The van der Waals surface area contributed by atoms with E-state index in [0.717, 1.165) is 13.0 Å². The molecule has 2 aromatic carbocycles. The van der Waals surface area contributed by atoms with Crippen LogP contribution in [0.5, 0.6) is 0 Å². The Kier molecular flexibility index (Phi) is 10.8. The maximum Gasteiger partial charge on any atom is 0.200 e. The van der Waals surface area contributed by atoms with Crippen LogP contribution in [0.2, 0.25) is 16.6 Å². The number of thioether (sulfide) groups is 1. The summed E-state index contributed by atoms with van der Waals surface area (Å²) in [5.74, 6) is 0. The molecule has 0 saturated carbocycles. The molecule has 39 heavy (non-hydrogen) atoms. The molecule has 4 atom stereocenters. The summed E-state index contributed by atoms with van der Waals surface area (Å²) in [6.45, 7) is 26.7. The third-order valence-corrected chi connectivity index (χ3v) is 16.7. The Hall–Kier alpha value is -1.33. The van der Waals surface area contributed by atoms with Crippen LogP contribution in [0.1, 0.15) is 94.2 Å². The molecule has 0 spiro atoms. The summed E-state index contributed by atoms with van der Waals surface area (Å²) in [6.07, 6.45) is 3.39. The van der Waals surface area contributed by atoms with Crippen molar-refractivity contribution in [2.45, 2.75) is 122 Å². The van der Waals surface area contributed by atoms with Gasteiger partial charge in [-0.2, -0.15) is 0 Å². The molecule has 3 rings (SSSR count). The predicted molar refractivity (Wildman–Crippen MR) is 173 cm³/mol. The highest BCUT2D eigenvalue weighted by Gasteiger charge is 2.52. The van der Waals surface area contributed by atoms with Crippen LogP contribution >= 0.6 is 11.8 Å². The fraction of sp³-hybridized carbons (Fsp3) is 0.600. The third-order valence-electron chi connectivity index (χ3n) is 8.93. The Morgan fingerprint density at radius 2 is 1.38 bits per heavy atom. The summed E-state index contributed by atoms with van der Waals surface area (Å²) in [7, 11) is -2.06. The molecular formula is C35H54O2SSi. The predicted octanol–water partition coefficient (Wildman–Crippen LogP) is 10.9. The van der Waals surface area contributed by atoms with Crippen molar-refractivity contribution in [1.29, 1.82) is 0 Å². The van der Waals surface area contributed by atoms with Gasteiger partial charge >= 0.3 is 0 Å². The lowest BCUT2D eigenvalue weighted by Gasteiger charge is -2.51. The monoisotopic (exact) mass is 566 g/mol. The second kappa shape index (κ2) is 13.1. The average Bonchev–Trinajstić information content (AvgIpc) is 2.86. The van der Waals surface area contributed by atoms with Crippen molar-refractivity contribution in [2.24, 2.45) is 10.8 Å². The maximum absolute atomic E-state index is 7.39. The van der Waals surface area contributed by atoms with E-state index in [2.05, 4.69) is 143 Å². The highest BCUT2D eigenvalue weighted by atomic mass is 32.2. The molecule has 0 N–H and O–H groups in total. The minimum atomic E-state index is -2.06. The van der Waals surface area contributed by atoms with Crippen molar-refractivity contribution in [3.05, 3.63) is 77.9 Å². The first-order valence-electron chi connectivity index (χ1n) is 15.0. The zero-order valence-electron chi connectivity index (χ0n) is 26.5. The van der Waals surface area contributed by atoms with Gasteiger partial charge in [-0.1, -0.05) is 129 Å². The lowest BCUT2D eigenvalue weighted by molar-refractivity contribution is -0.127. The van der Waals surface area contributed by atoms with Crippen molar-refractivity contribution in [3.8, 4) is 0 Å². The van der Waals surface area contributed by atoms with Crippen LogP contribution in [0.25, 0.3) is 0 Å². The molecule has 0 saturated heterocycles. The number of hydrogen-bond donors (Lipinski definition) is 0. The van der Waals surface area contributed by atoms with E-state index >= 15 is 0 Å². The number of ether oxygens (including phenoxy) is 1. The van der Waals surface area contributed by atoms with E-state index in [4.69, 9.17) is 9.16 Å². The van der Waals surface area contributed by atoms with Gasteiger partial charge in [0.05, 0.1) is 12.2 Å². The van der Waals surface area contributed by atoms with Gasteiger partial charge in [0, 0.05) is 22.2 Å². The van der Waals surface area contributed by atoms with Crippen molar-refractivity contribution >= 4 is 20.1 Å². The Morgan fingerprint density at radius 1 is 0.872 bits per heavy atom.